The molecular weight excluding hydrogens is 226 g/mol. The standard InChI is InChI=1S/C15H15NO2/c1-12-4-6-13(7-5-12)11-16-15(17)9-8-14-3-2-10-18-14/h2-10H,11H2,1H3,(H,16,17)/b9-8+. The molecule has 1 amide bonds. The Morgan fingerprint density at radius 1 is 1.28 bits per heavy atom. The van der Waals surface area contributed by atoms with E-state index in [1.165, 1.54) is 11.6 Å². The number of furan rings is 1. The van der Waals surface area contributed by atoms with Crippen molar-refractivity contribution in [2.75, 3.05) is 0 Å². The summed E-state index contributed by atoms with van der Waals surface area (Å²) < 4.78 is 5.09. The average Bonchev–Trinajstić information content (AvgIpc) is 2.89. The molecule has 1 aromatic heterocycles. The molecule has 2 rings (SSSR count). The minimum atomic E-state index is -0.132. The number of nitrogens with one attached hydrogen (secondary N) is 1. The Labute approximate surface area is 106 Å². The number of aryl methyl sites for hydroxylation is 1. The molecule has 2 aromatic rings. The van der Waals surface area contributed by atoms with Gasteiger partial charge in [0, 0.05) is 12.6 Å². The number of carbonyl (C=O) groups excluding carboxylic acids is 1. The first kappa shape index (κ1) is 12.2. The Hall–Kier alpha value is -2.29. The summed E-state index contributed by atoms with van der Waals surface area (Å²) in [5.41, 5.74) is 2.29. The second kappa shape index (κ2) is 5.87. The topological polar surface area (TPSA) is 42.2 Å². The van der Waals surface area contributed by atoms with Gasteiger partial charge in [-0.3, -0.25) is 4.79 Å². The van der Waals surface area contributed by atoms with Crippen molar-refractivity contribution < 1.29 is 9.21 Å². The van der Waals surface area contributed by atoms with Gasteiger partial charge in [0.05, 0.1) is 6.26 Å². The fourth-order valence-electron chi connectivity index (χ4n) is 1.50. The molecule has 0 aliphatic heterocycles. The van der Waals surface area contributed by atoms with Crippen LogP contribution in [0.5, 0.6) is 0 Å². The average molecular weight is 241 g/mol. The Morgan fingerprint density at radius 2 is 2.06 bits per heavy atom. The van der Waals surface area contributed by atoms with Gasteiger partial charge in [0.25, 0.3) is 0 Å². The molecule has 0 spiro atoms. The summed E-state index contributed by atoms with van der Waals surface area (Å²) >= 11 is 0. The fraction of sp³-hybridized carbons (Fsp3) is 0.133. The number of rotatable bonds is 4. The molecule has 0 fully saturated rings. The van der Waals surface area contributed by atoms with Crippen molar-refractivity contribution in [2.45, 2.75) is 13.5 Å². The van der Waals surface area contributed by atoms with Crippen LogP contribution in [-0.4, -0.2) is 5.91 Å². The van der Waals surface area contributed by atoms with E-state index in [4.69, 9.17) is 4.42 Å². The maximum atomic E-state index is 11.5. The molecule has 0 saturated carbocycles. The summed E-state index contributed by atoms with van der Waals surface area (Å²) in [7, 11) is 0. The van der Waals surface area contributed by atoms with Gasteiger partial charge in [-0.25, -0.2) is 0 Å². The lowest BCUT2D eigenvalue weighted by Crippen LogP contribution is -2.20. The molecule has 0 aliphatic carbocycles. The van der Waals surface area contributed by atoms with Crippen LogP contribution in [0.25, 0.3) is 6.08 Å². The van der Waals surface area contributed by atoms with Crippen LogP contribution in [0.15, 0.2) is 53.2 Å². The molecule has 0 aliphatic rings. The van der Waals surface area contributed by atoms with E-state index >= 15 is 0 Å². The highest BCUT2D eigenvalue weighted by Crippen LogP contribution is 2.03. The van der Waals surface area contributed by atoms with Gasteiger partial charge in [-0.1, -0.05) is 29.8 Å². The van der Waals surface area contributed by atoms with E-state index < -0.39 is 0 Å². The number of hydrogen-bond donors (Lipinski definition) is 1. The zero-order chi connectivity index (χ0) is 12.8. The quantitative estimate of drug-likeness (QED) is 0.836. The summed E-state index contributed by atoms with van der Waals surface area (Å²) in [6, 6.07) is 11.6. The van der Waals surface area contributed by atoms with Crippen LogP contribution in [0.3, 0.4) is 0 Å². The molecule has 0 saturated heterocycles. The molecule has 0 bridgehead atoms. The normalized spacial score (nSPS) is 10.7. The van der Waals surface area contributed by atoms with E-state index in [2.05, 4.69) is 5.32 Å². The van der Waals surface area contributed by atoms with E-state index in [0.29, 0.717) is 12.3 Å². The second-order valence-corrected chi connectivity index (χ2v) is 4.05. The number of amides is 1. The smallest absolute Gasteiger partial charge is 0.244 e. The Morgan fingerprint density at radius 3 is 2.72 bits per heavy atom. The predicted octanol–water partition coefficient (Wildman–Crippen LogP) is 2.92. The molecule has 3 nitrogen and oxygen atoms in total. The van der Waals surface area contributed by atoms with Crippen LogP contribution in [0, 0.1) is 6.92 Å². The lowest BCUT2D eigenvalue weighted by atomic mass is 10.1. The maximum Gasteiger partial charge on any atom is 0.244 e. The molecule has 18 heavy (non-hydrogen) atoms. The van der Waals surface area contributed by atoms with E-state index in [1.807, 2.05) is 31.2 Å². The summed E-state index contributed by atoms with van der Waals surface area (Å²) in [5.74, 6) is 0.535. The molecule has 1 heterocycles. The van der Waals surface area contributed by atoms with E-state index in [9.17, 15) is 4.79 Å². The minimum Gasteiger partial charge on any atom is -0.465 e. The monoisotopic (exact) mass is 241 g/mol. The minimum absolute atomic E-state index is 0.132. The van der Waals surface area contributed by atoms with E-state index in [-0.39, 0.29) is 5.91 Å². The zero-order valence-electron chi connectivity index (χ0n) is 10.2. The highest BCUT2D eigenvalue weighted by atomic mass is 16.3. The molecule has 0 atom stereocenters. The van der Waals surface area contributed by atoms with Gasteiger partial charge in [0.2, 0.25) is 5.91 Å². The van der Waals surface area contributed by atoms with E-state index in [0.717, 1.165) is 5.56 Å². The Bertz CT molecular complexity index is 524. The number of benzene rings is 1. The van der Waals surface area contributed by atoms with Gasteiger partial charge in [-0.15, -0.1) is 0 Å². The Kier molecular flexibility index (Phi) is 3.97. The van der Waals surface area contributed by atoms with Crippen molar-refractivity contribution in [3.63, 3.8) is 0 Å². The van der Waals surface area contributed by atoms with Crippen molar-refractivity contribution in [3.8, 4) is 0 Å². The Balaban J connectivity index is 1.83. The van der Waals surface area contributed by atoms with E-state index in [1.54, 1.807) is 24.5 Å². The molecular formula is C15H15NO2. The largest absolute Gasteiger partial charge is 0.465 e. The second-order valence-electron chi connectivity index (χ2n) is 4.05. The lowest BCUT2D eigenvalue weighted by Gasteiger charge is -2.02. The summed E-state index contributed by atoms with van der Waals surface area (Å²) in [4.78, 5) is 11.5. The first-order chi connectivity index (χ1) is 8.74. The molecule has 92 valence electrons. The lowest BCUT2D eigenvalue weighted by molar-refractivity contribution is -0.116. The van der Waals surface area contributed by atoms with Crippen molar-refractivity contribution in [1.29, 1.82) is 0 Å². The molecule has 1 N–H and O–H groups in total. The molecule has 3 heteroatoms. The third kappa shape index (κ3) is 3.63. The first-order valence-electron chi connectivity index (χ1n) is 5.79. The van der Waals surface area contributed by atoms with Crippen molar-refractivity contribution in [3.05, 3.63) is 65.6 Å². The first-order valence-corrected chi connectivity index (χ1v) is 5.79. The highest BCUT2D eigenvalue weighted by Gasteiger charge is 1.97. The van der Waals surface area contributed by atoms with Crippen LogP contribution >= 0.6 is 0 Å². The summed E-state index contributed by atoms with van der Waals surface area (Å²) in [6.07, 6.45) is 4.68. The SMILES string of the molecule is Cc1ccc(CNC(=O)/C=C/c2ccco2)cc1. The van der Waals surface area contributed by atoms with Gasteiger partial charge in [0.1, 0.15) is 5.76 Å². The third-order valence-electron chi connectivity index (χ3n) is 2.53. The highest BCUT2D eigenvalue weighted by molar-refractivity contribution is 5.91. The maximum absolute atomic E-state index is 11.5. The van der Waals surface area contributed by atoms with Gasteiger partial charge in [-0.05, 0) is 30.7 Å². The molecule has 0 unspecified atom stereocenters. The summed E-state index contributed by atoms with van der Waals surface area (Å²) in [5, 5.41) is 2.81. The number of hydrogen-bond acceptors (Lipinski definition) is 2. The van der Waals surface area contributed by atoms with Crippen LogP contribution in [0.1, 0.15) is 16.9 Å². The van der Waals surface area contributed by atoms with Gasteiger partial charge in [0.15, 0.2) is 0 Å². The fourth-order valence-corrected chi connectivity index (χ4v) is 1.50. The van der Waals surface area contributed by atoms with Crippen LogP contribution < -0.4 is 5.32 Å². The molecule has 0 radical (unpaired) electrons. The summed E-state index contributed by atoms with van der Waals surface area (Å²) in [6.45, 7) is 2.57. The van der Waals surface area contributed by atoms with Crippen LogP contribution in [-0.2, 0) is 11.3 Å². The predicted molar refractivity (Wildman–Crippen MR) is 70.8 cm³/mol. The van der Waals surface area contributed by atoms with Crippen molar-refractivity contribution >= 4 is 12.0 Å². The van der Waals surface area contributed by atoms with Gasteiger partial charge < -0.3 is 9.73 Å². The third-order valence-corrected chi connectivity index (χ3v) is 2.53. The van der Waals surface area contributed by atoms with Gasteiger partial charge in [-0.2, -0.15) is 0 Å². The molecule has 1 aromatic carbocycles. The van der Waals surface area contributed by atoms with Crippen LogP contribution in [0.2, 0.25) is 0 Å². The van der Waals surface area contributed by atoms with Gasteiger partial charge >= 0.3 is 0 Å². The zero-order valence-corrected chi connectivity index (χ0v) is 10.2. The van der Waals surface area contributed by atoms with Crippen molar-refractivity contribution in [2.24, 2.45) is 0 Å². The number of carbonyl (C=O) groups is 1. The van der Waals surface area contributed by atoms with Crippen LogP contribution in [0.4, 0.5) is 0 Å². The van der Waals surface area contributed by atoms with Crippen molar-refractivity contribution in [1.82, 2.24) is 5.32 Å².